The van der Waals surface area contributed by atoms with Crippen LogP contribution < -0.4 is 9.80 Å². The van der Waals surface area contributed by atoms with Gasteiger partial charge in [-0.15, -0.1) is 12.1 Å². The van der Waals surface area contributed by atoms with Crippen LogP contribution in [0.1, 0.15) is 145 Å². The van der Waals surface area contributed by atoms with Gasteiger partial charge in [0.25, 0.3) is 0 Å². The van der Waals surface area contributed by atoms with Crippen molar-refractivity contribution in [1.29, 1.82) is 0 Å². The van der Waals surface area contributed by atoms with Crippen molar-refractivity contribution < 1.29 is 55.9 Å². The minimum absolute atomic E-state index is 0. The number of carbonyl (C=O) groups is 1. The normalized spacial score (nSPS) is 16.5. The molecule has 5 aliphatic heterocycles. The van der Waals surface area contributed by atoms with Crippen molar-refractivity contribution in [3.05, 3.63) is 426 Å². The first-order valence-corrected chi connectivity index (χ1v) is 37.3. The second-order valence-electron chi connectivity index (χ2n) is 28.2. The van der Waals surface area contributed by atoms with Gasteiger partial charge in [0.2, 0.25) is 0 Å². The van der Waals surface area contributed by atoms with E-state index in [2.05, 4.69) is 223 Å². The molecule has 13 aromatic rings. The molecule has 4 unspecified atom stereocenters. The molecule has 0 spiro atoms. The van der Waals surface area contributed by atoms with E-state index in [1.807, 2.05) is 72.8 Å². The second-order valence-corrected chi connectivity index (χ2v) is 28.2. The summed E-state index contributed by atoms with van der Waals surface area (Å²) in [6.07, 6.45) is 7.34. The number of halogens is 2. The van der Waals surface area contributed by atoms with Crippen LogP contribution in [0.15, 0.2) is 324 Å². The number of rotatable bonds is 10. The van der Waals surface area contributed by atoms with Gasteiger partial charge < -0.3 is 61.1 Å². The third-order valence-corrected chi connectivity index (χ3v) is 20.8. The number of carboxylic acid groups (broad SMARTS) is 1. The van der Waals surface area contributed by atoms with Crippen molar-refractivity contribution in [3.63, 3.8) is 0 Å². The van der Waals surface area contributed by atoms with Crippen molar-refractivity contribution in [2.45, 2.75) is 89.9 Å². The van der Waals surface area contributed by atoms with Gasteiger partial charge in [-0.2, -0.15) is 0 Å². The topological polar surface area (TPSA) is 175 Å². The van der Waals surface area contributed by atoms with Crippen LogP contribution in [0.4, 0.5) is 42.9 Å². The van der Waals surface area contributed by atoms with E-state index < -0.39 is 42.3 Å². The van der Waals surface area contributed by atoms with Gasteiger partial charge in [-0.05, 0) is 218 Å². The summed E-state index contributed by atoms with van der Waals surface area (Å²) in [6, 6.07) is 101. The van der Waals surface area contributed by atoms with E-state index in [-0.39, 0.29) is 53.8 Å². The maximum atomic E-state index is 13.2. The average molecular weight is 1710 g/mol. The molecule has 19 rings (SSSR count). The van der Waals surface area contributed by atoms with Crippen LogP contribution >= 0.6 is 0 Å². The second kappa shape index (κ2) is 34.5. The van der Waals surface area contributed by atoms with E-state index >= 15 is 0 Å². The summed E-state index contributed by atoms with van der Waals surface area (Å²) < 4.78 is 25.8. The number of amidine groups is 4. The largest absolute Gasteiger partial charge is 0.477 e. The molecule has 2 radical (unpaired) electrons. The fourth-order valence-electron chi connectivity index (χ4n) is 15.1. The Hall–Kier alpha value is -12.3. The SMILES string of the molecule is Cc1ccc(N(c2ccc(C)cc2)c2ccc(C3(c4ccc(N(c5ccc(C)cc5)c5ccc(C)cc5)cc4)CCCCC3)cc2)cc1.Fc1c[c-]c(-c2ccccn2)c(F)c1.O=C(O)c1ccccn1.[Cu].[Ir].c1ccc2c(c1)C1=NC3[N-]C(=NC4[N-]C(=NC5[N-]C(=NC2[N-]1)c1ccccc15)c1ccccc14)c1ccccc13. The van der Waals surface area contributed by atoms with E-state index in [1.54, 1.807) is 36.5 Å². The zero-order valence-electron chi connectivity index (χ0n) is 62.3. The van der Waals surface area contributed by atoms with Gasteiger partial charge in [-0.3, -0.25) is 8.78 Å². The van der Waals surface area contributed by atoms with Gasteiger partial charge in [-0.1, -0.05) is 265 Å². The minimum Gasteiger partial charge on any atom is -0.477 e. The number of aromatic carboxylic acids is 1. The number of aliphatic imine (C=N–C) groups is 4. The first-order valence-electron chi connectivity index (χ1n) is 37.3. The number of nitrogens with zero attached hydrogens (tertiary/aromatic N) is 12. The Labute approximate surface area is 681 Å². The molecule has 0 amide bonds. The first-order chi connectivity index (χ1) is 54.3. The molecule has 11 aromatic carbocycles. The Morgan fingerprint density at radius 3 is 1.01 bits per heavy atom. The quantitative estimate of drug-likeness (QED) is 0.105. The third kappa shape index (κ3) is 16.7. The van der Waals surface area contributed by atoms with Crippen LogP contribution in [-0.2, 0) is 42.6 Å². The van der Waals surface area contributed by atoms with Crippen molar-refractivity contribution in [1.82, 2.24) is 9.97 Å². The average Bonchev–Trinajstić information content (AvgIpc) is 1.65. The Morgan fingerprint density at radius 2 is 0.717 bits per heavy atom. The molecule has 14 nitrogen and oxygen atoms in total. The molecule has 0 saturated heterocycles. The third-order valence-electron chi connectivity index (χ3n) is 20.8. The molecule has 1 saturated carbocycles. The molecule has 18 heteroatoms. The van der Waals surface area contributed by atoms with Crippen LogP contribution in [-0.4, -0.2) is 44.4 Å². The summed E-state index contributed by atoms with van der Waals surface area (Å²) >= 11 is 0. The van der Waals surface area contributed by atoms with Gasteiger partial charge >= 0.3 is 5.97 Å². The predicted octanol–water partition coefficient (Wildman–Crippen LogP) is 24.0. The first kappa shape index (κ1) is 77.4. The summed E-state index contributed by atoms with van der Waals surface area (Å²) in [5.74, 6) is 0.282. The zero-order valence-corrected chi connectivity index (χ0v) is 65.7. The molecule has 2 aromatic heterocycles. The Morgan fingerprint density at radius 1 is 0.407 bits per heavy atom. The number of aryl methyl sites for hydroxylation is 4. The van der Waals surface area contributed by atoms with E-state index in [4.69, 9.17) is 46.3 Å². The standard InChI is InChI=1S/C46H46N2.C32H20N8.C11H6F2N.C6H5NO2.Cu.Ir/c1-34-8-20-40(21-9-34)47(41-22-10-35(2)11-23-41)44-28-16-38(17-29-44)46(32-6-5-7-33-46)39-18-30-45(31-19-39)48(42-24-12-36(3)13-25-42)43-26-14-37(4)15-27-43;1-2-10-18-17(9-1)25-33-26(18)38-28-21-13-5-6-14-22(21)30(35-28)40-32-24-16-8-7-15-23(24)31(36-32)39-29-20-12-4-3-11-19(20)27(34-29)37-25;12-8-4-5-9(10(13)7-8)11-3-1-2-6-14-11;8-6(9)5-3-1-2-4-7-5;;/h8-31H,5-7,32-33H2,1-4H3;1-16,25,28-29,32H;1-4,6-7H;1-4H,(H,8,9);;/q;-4;-1;;;. The van der Waals surface area contributed by atoms with Crippen LogP contribution in [0.3, 0.4) is 0 Å². The van der Waals surface area contributed by atoms with Gasteiger partial charge in [-0.25, -0.2) is 9.78 Å². The van der Waals surface area contributed by atoms with Crippen molar-refractivity contribution in [2.75, 3.05) is 9.80 Å². The fraction of sp³-hybridized carbons (Fsp3) is 0.147. The predicted molar refractivity (Wildman–Crippen MR) is 441 cm³/mol. The number of carboxylic acids is 1. The number of fused-ring (bicyclic) bond motifs is 20. The number of hydrogen-bond donors (Lipinski definition) is 1. The summed E-state index contributed by atoms with van der Waals surface area (Å²) in [5, 5.41) is 28.3. The number of anilines is 6. The van der Waals surface area contributed by atoms with E-state index in [1.165, 1.54) is 112 Å². The Bertz CT molecular complexity index is 5150. The molecular weight excluding hydrogens is 1630 g/mol. The molecule has 1 fully saturated rings. The maximum absolute atomic E-state index is 13.2. The van der Waals surface area contributed by atoms with Crippen LogP contribution in [0.5, 0.6) is 0 Å². The molecule has 4 atom stereocenters. The van der Waals surface area contributed by atoms with Crippen LogP contribution in [0.2, 0.25) is 0 Å². The van der Waals surface area contributed by atoms with Gasteiger partial charge in [0.15, 0.2) is 0 Å². The van der Waals surface area contributed by atoms with Crippen molar-refractivity contribution in [2.24, 2.45) is 20.0 Å². The monoisotopic (exact) mass is 1710 g/mol. The zero-order chi connectivity index (χ0) is 76.0. The molecule has 6 aliphatic rings. The number of aromatic nitrogens is 2. The molecule has 8 bridgehead atoms. The van der Waals surface area contributed by atoms with E-state index in [9.17, 15) is 13.6 Å². The summed E-state index contributed by atoms with van der Waals surface area (Å²) in [5.41, 5.74) is 23.5. The van der Waals surface area contributed by atoms with Gasteiger partial charge in [0.05, 0.1) is 0 Å². The summed E-state index contributed by atoms with van der Waals surface area (Å²) in [4.78, 5) is 42.7. The van der Waals surface area contributed by atoms with Gasteiger partial charge in [0, 0.05) is 101 Å². The molecule has 7 heterocycles. The number of pyridine rings is 2. The summed E-state index contributed by atoms with van der Waals surface area (Å²) in [6.45, 7) is 8.59. The van der Waals surface area contributed by atoms with Crippen LogP contribution in [0, 0.1) is 45.4 Å². The Balaban J connectivity index is 0.000000145. The fourth-order valence-corrected chi connectivity index (χ4v) is 15.1. The molecule has 568 valence electrons. The molecule has 1 N–H and O–H groups in total. The number of benzene rings is 11. The van der Waals surface area contributed by atoms with Crippen molar-refractivity contribution >= 4 is 63.4 Å². The Kier molecular flexibility index (Phi) is 23.7. The summed E-state index contributed by atoms with van der Waals surface area (Å²) in [7, 11) is 0. The van der Waals surface area contributed by atoms with Crippen molar-refractivity contribution in [3.8, 4) is 11.3 Å². The van der Waals surface area contributed by atoms with Crippen LogP contribution in [0.25, 0.3) is 32.5 Å². The number of hydrogen-bond acceptors (Lipinski definition) is 9. The smallest absolute Gasteiger partial charge is 0.354 e. The molecule has 113 heavy (non-hydrogen) atoms. The minimum atomic E-state index is -0.990. The maximum Gasteiger partial charge on any atom is 0.354 e. The van der Waals surface area contributed by atoms with E-state index in [0.29, 0.717) is 29.0 Å². The molecule has 1 aliphatic carbocycles. The molecular formula is C95H77CuF2IrN12O2-5. The van der Waals surface area contributed by atoms with Gasteiger partial charge in [0.1, 0.15) is 5.69 Å². The van der Waals surface area contributed by atoms with E-state index in [0.717, 1.165) is 56.6 Å².